The van der Waals surface area contributed by atoms with E-state index in [2.05, 4.69) is 23.5 Å². The monoisotopic (exact) mass is 332 g/mol. The van der Waals surface area contributed by atoms with Gasteiger partial charge in [-0.3, -0.25) is 9.38 Å². The molecule has 0 saturated heterocycles. The van der Waals surface area contributed by atoms with Crippen LogP contribution in [0.4, 0.5) is 5.82 Å². The normalized spacial score (nSPS) is 13.1. The van der Waals surface area contributed by atoms with Crippen LogP contribution in [-0.2, 0) is 0 Å². The van der Waals surface area contributed by atoms with Gasteiger partial charge in [-0.15, -0.1) is 0 Å². The summed E-state index contributed by atoms with van der Waals surface area (Å²) < 4.78 is 2.02. The predicted molar refractivity (Wildman–Crippen MR) is 107 cm³/mol. The van der Waals surface area contributed by atoms with E-state index in [1.807, 2.05) is 67.8 Å². The Bertz CT molecular complexity index is 892. The van der Waals surface area contributed by atoms with Gasteiger partial charge < -0.3 is 5.32 Å². The van der Waals surface area contributed by atoms with Crippen molar-refractivity contribution < 1.29 is 0 Å². The number of hydrogen-bond acceptors (Lipinski definition) is 3. The van der Waals surface area contributed by atoms with E-state index in [9.17, 15) is 0 Å². The number of nitrogens with zero attached hydrogens (tertiary/aromatic N) is 3. The number of rotatable bonds is 7. The van der Waals surface area contributed by atoms with Crippen LogP contribution in [0.2, 0.25) is 0 Å². The molecule has 0 aromatic carbocycles. The maximum Gasteiger partial charge on any atom is 0.160 e. The molecular formula is C21H24N4. The van der Waals surface area contributed by atoms with E-state index in [0.29, 0.717) is 0 Å². The molecule has 0 bridgehead atoms. The molecule has 2 rings (SSSR count). The quantitative estimate of drug-likeness (QED) is 0.705. The Balaban J connectivity index is 2.70. The minimum absolute atomic E-state index is 0.824. The van der Waals surface area contributed by atoms with Crippen LogP contribution in [-0.4, -0.2) is 14.4 Å². The zero-order valence-corrected chi connectivity index (χ0v) is 15.0. The molecule has 2 heterocycles. The van der Waals surface area contributed by atoms with E-state index in [-0.39, 0.29) is 0 Å². The predicted octanol–water partition coefficient (Wildman–Crippen LogP) is 5.24. The Kier molecular flexibility index (Phi) is 6.29. The summed E-state index contributed by atoms with van der Waals surface area (Å²) in [5.74, 6) is 0.883. The average molecular weight is 332 g/mol. The number of imidazole rings is 1. The fraction of sp³-hybridized carbons (Fsp3) is 0.143. The molecule has 4 heteroatoms. The highest BCUT2D eigenvalue weighted by Crippen LogP contribution is 2.28. The summed E-state index contributed by atoms with van der Waals surface area (Å²) in [4.78, 5) is 9.17. The highest BCUT2D eigenvalue weighted by atomic mass is 15.1. The van der Waals surface area contributed by atoms with Crippen molar-refractivity contribution in [3.8, 4) is 0 Å². The standard InChI is InChI=1S/C21H24N4/c1-6-10-13-17(9-4)19-21(23-18(11-7-2)12-8-3)25-15-14-22-16(5)20(25)24-19/h6-15,23H,1-2H2,3-5H3/b12-8-,13-10-,17-9+,18-11+. The van der Waals surface area contributed by atoms with Crippen LogP contribution in [0.3, 0.4) is 0 Å². The van der Waals surface area contributed by atoms with Gasteiger partial charge in [-0.25, -0.2) is 4.98 Å². The maximum atomic E-state index is 4.82. The first-order valence-corrected chi connectivity index (χ1v) is 8.18. The second-order valence-corrected chi connectivity index (χ2v) is 5.34. The number of anilines is 1. The van der Waals surface area contributed by atoms with Crippen LogP contribution in [0.5, 0.6) is 0 Å². The molecule has 2 aromatic heterocycles. The molecule has 1 N–H and O–H groups in total. The summed E-state index contributed by atoms with van der Waals surface area (Å²) in [7, 11) is 0. The van der Waals surface area contributed by atoms with Crippen LogP contribution in [0, 0.1) is 6.92 Å². The molecular weight excluding hydrogens is 308 g/mol. The second kappa shape index (κ2) is 8.64. The summed E-state index contributed by atoms with van der Waals surface area (Å²) in [6.45, 7) is 13.5. The molecule has 0 aliphatic carbocycles. The van der Waals surface area contributed by atoms with Crippen molar-refractivity contribution in [2.75, 3.05) is 5.32 Å². The van der Waals surface area contributed by atoms with Crippen LogP contribution in [0.1, 0.15) is 25.2 Å². The van der Waals surface area contributed by atoms with Crippen molar-refractivity contribution >= 4 is 17.0 Å². The third-order valence-corrected chi connectivity index (χ3v) is 3.62. The summed E-state index contributed by atoms with van der Waals surface area (Å²) in [6, 6.07) is 0. The van der Waals surface area contributed by atoms with Crippen molar-refractivity contribution in [2.45, 2.75) is 20.8 Å². The molecule has 0 amide bonds. The Labute approximate surface area is 149 Å². The molecule has 0 radical (unpaired) electrons. The zero-order valence-electron chi connectivity index (χ0n) is 15.0. The van der Waals surface area contributed by atoms with Gasteiger partial charge in [0.15, 0.2) is 5.65 Å². The molecule has 0 saturated carbocycles. The Morgan fingerprint density at radius 2 is 2.00 bits per heavy atom. The fourth-order valence-corrected chi connectivity index (χ4v) is 2.49. The number of aryl methyl sites for hydroxylation is 1. The number of fused-ring (bicyclic) bond motifs is 1. The highest BCUT2D eigenvalue weighted by Gasteiger charge is 2.16. The van der Waals surface area contributed by atoms with Crippen molar-refractivity contribution in [1.82, 2.24) is 14.4 Å². The first-order valence-electron chi connectivity index (χ1n) is 8.18. The maximum absolute atomic E-state index is 4.82. The Morgan fingerprint density at radius 3 is 2.64 bits per heavy atom. The number of aromatic nitrogens is 3. The largest absolute Gasteiger partial charge is 0.339 e. The SMILES string of the molecule is C=C/C=C\C(=C/C)c1nc2c(C)nccn2c1NC(/C=C\C)=C/C=C. The number of nitrogens with one attached hydrogen (secondary N) is 1. The number of hydrogen-bond donors (Lipinski definition) is 1. The van der Waals surface area contributed by atoms with Gasteiger partial charge in [0.1, 0.15) is 11.5 Å². The lowest BCUT2D eigenvalue weighted by molar-refractivity contribution is 1.08. The fourth-order valence-electron chi connectivity index (χ4n) is 2.49. The number of allylic oxidation sites excluding steroid dienone is 9. The Morgan fingerprint density at radius 1 is 1.20 bits per heavy atom. The van der Waals surface area contributed by atoms with Gasteiger partial charge in [0.2, 0.25) is 0 Å². The summed E-state index contributed by atoms with van der Waals surface area (Å²) in [5, 5.41) is 3.47. The summed E-state index contributed by atoms with van der Waals surface area (Å²) in [5.41, 5.74) is 4.49. The molecule has 4 nitrogen and oxygen atoms in total. The van der Waals surface area contributed by atoms with Crippen molar-refractivity contribution in [3.05, 3.63) is 91.2 Å². The van der Waals surface area contributed by atoms with Crippen LogP contribution in [0.15, 0.2) is 79.9 Å². The molecule has 2 aromatic rings. The van der Waals surface area contributed by atoms with Gasteiger partial charge in [0.05, 0.1) is 5.69 Å². The summed E-state index contributed by atoms with van der Waals surface area (Å²) >= 11 is 0. The molecule has 0 unspecified atom stereocenters. The third kappa shape index (κ3) is 4.04. The lowest BCUT2D eigenvalue weighted by Gasteiger charge is -2.10. The highest BCUT2D eigenvalue weighted by molar-refractivity contribution is 5.82. The first-order chi connectivity index (χ1) is 12.2. The van der Waals surface area contributed by atoms with E-state index in [4.69, 9.17) is 4.98 Å². The molecule has 128 valence electrons. The van der Waals surface area contributed by atoms with Gasteiger partial charge in [-0.05, 0) is 38.5 Å². The molecule has 0 spiro atoms. The van der Waals surface area contributed by atoms with Crippen LogP contribution in [0.25, 0.3) is 11.2 Å². The molecule has 0 atom stereocenters. The van der Waals surface area contributed by atoms with Crippen LogP contribution >= 0.6 is 0 Å². The van der Waals surface area contributed by atoms with Crippen molar-refractivity contribution in [2.24, 2.45) is 0 Å². The first kappa shape index (κ1) is 18.2. The van der Waals surface area contributed by atoms with E-state index in [1.54, 1.807) is 18.3 Å². The van der Waals surface area contributed by atoms with Gasteiger partial charge in [-0.2, -0.15) is 0 Å². The van der Waals surface area contributed by atoms with Gasteiger partial charge in [0.25, 0.3) is 0 Å². The molecule has 0 aliphatic heterocycles. The zero-order chi connectivity index (χ0) is 18.2. The average Bonchev–Trinajstić information content (AvgIpc) is 2.96. The molecule has 25 heavy (non-hydrogen) atoms. The molecule has 0 aliphatic rings. The van der Waals surface area contributed by atoms with Gasteiger partial charge in [-0.1, -0.05) is 49.6 Å². The smallest absolute Gasteiger partial charge is 0.160 e. The van der Waals surface area contributed by atoms with Crippen molar-refractivity contribution in [1.29, 1.82) is 0 Å². The topological polar surface area (TPSA) is 42.2 Å². The summed E-state index contributed by atoms with van der Waals surface area (Å²) in [6.07, 6.45) is 19.0. The van der Waals surface area contributed by atoms with Gasteiger partial charge in [0, 0.05) is 18.1 Å². The lowest BCUT2D eigenvalue weighted by Crippen LogP contribution is -2.03. The van der Waals surface area contributed by atoms with E-state index in [1.165, 1.54) is 0 Å². The third-order valence-electron chi connectivity index (χ3n) is 3.62. The van der Waals surface area contributed by atoms with Crippen LogP contribution < -0.4 is 5.32 Å². The minimum Gasteiger partial charge on any atom is -0.339 e. The molecule has 0 fully saturated rings. The van der Waals surface area contributed by atoms with Gasteiger partial charge >= 0.3 is 0 Å². The second-order valence-electron chi connectivity index (χ2n) is 5.34. The Hall–Kier alpha value is -3.14. The van der Waals surface area contributed by atoms with E-state index < -0.39 is 0 Å². The minimum atomic E-state index is 0.824. The van der Waals surface area contributed by atoms with E-state index >= 15 is 0 Å². The lowest BCUT2D eigenvalue weighted by atomic mass is 10.1. The van der Waals surface area contributed by atoms with E-state index in [0.717, 1.165) is 34.1 Å². The van der Waals surface area contributed by atoms with Crippen molar-refractivity contribution in [3.63, 3.8) is 0 Å².